The number of aromatic nitrogens is 3. The molecule has 2 aromatic heterocycles. The molecule has 0 aromatic carbocycles. The molecule has 5 nitrogen and oxygen atoms in total. The summed E-state index contributed by atoms with van der Waals surface area (Å²) in [6, 6.07) is 4.17. The highest BCUT2D eigenvalue weighted by Gasteiger charge is 2.13. The fraction of sp³-hybridized carbons (Fsp3) is 0.357. The average molecular weight is 255 g/mol. The number of hydrogen-bond donors (Lipinski definition) is 0. The third kappa shape index (κ3) is 2.58. The first-order valence-electron chi connectivity index (χ1n) is 6.08. The Morgan fingerprint density at radius 1 is 1.42 bits per heavy atom. The molecule has 98 valence electrons. The Bertz CT molecular complexity index is 636. The minimum atomic E-state index is 0.627. The normalized spacial score (nSPS) is 10.3. The van der Waals surface area contributed by atoms with Gasteiger partial charge in [0.25, 0.3) is 0 Å². The lowest BCUT2D eigenvalue weighted by Gasteiger charge is -2.21. The second-order valence-electron chi connectivity index (χ2n) is 4.67. The zero-order valence-corrected chi connectivity index (χ0v) is 11.7. The number of imidazole rings is 1. The van der Waals surface area contributed by atoms with Crippen LogP contribution in [0.3, 0.4) is 0 Å². The van der Waals surface area contributed by atoms with Gasteiger partial charge in [-0.2, -0.15) is 5.26 Å². The van der Waals surface area contributed by atoms with E-state index in [1.807, 2.05) is 49.7 Å². The van der Waals surface area contributed by atoms with Crippen LogP contribution >= 0.6 is 0 Å². The van der Waals surface area contributed by atoms with Crippen molar-refractivity contribution < 1.29 is 0 Å². The van der Waals surface area contributed by atoms with E-state index >= 15 is 0 Å². The van der Waals surface area contributed by atoms with Gasteiger partial charge in [0.2, 0.25) is 0 Å². The number of pyridine rings is 1. The molecule has 0 aliphatic carbocycles. The minimum absolute atomic E-state index is 0.627. The van der Waals surface area contributed by atoms with Crippen LogP contribution in [0.2, 0.25) is 0 Å². The first-order chi connectivity index (χ1) is 9.02. The summed E-state index contributed by atoms with van der Waals surface area (Å²) in [4.78, 5) is 10.7. The quantitative estimate of drug-likeness (QED) is 0.841. The summed E-state index contributed by atoms with van der Waals surface area (Å²) in [5, 5.41) is 9.28. The van der Waals surface area contributed by atoms with Crippen molar-refractivity contribution in [3.63, 3.8) is 0 Å². The molecule has 0 unspecified atom stereocenters. The van der Waals surface area contributed by atoms with E-state index in [1.165, 1.54) is 0 Å². The van der Waals surface area contributed by atoms with Gasteiger partial charge in [-0.1, -0.05) is 0 Å². The van der Waals surface area contributed by atoms with E-state index in [0.717, 1.165) is 22.9 Å². The van der Waals surface area contributed by atoms with E-state index in [9.17, 15) is 5.26 Å². The SMILES string of the molecule is Cc1cc(N(C)Cc2nccn2C)c(C#N)c(C)n1. The molecular formula is C14H17N5. The molecule has 5 heteroatoms. The van der Waals surface area contributed by atoms with Crippen LogP contribution in [0.5, 0.6) is 0 Å². The molecule has 2 heterocycles. The molecule has 0 aliphatic rings. The molecular weight excluding hydrogens is 238 g/mol. The van der Waals surface area contributed by atoms with Crippen LogP contribution < -0.4 is 4.90 Å². The Balaban J connectivity index is 2.36. The maximum Gasteiger partial charge on any atom is 0.127 e. The molecule has 0 radical (unpaired) electrons. The second-order valence-corrected chi connectivity index (χ2v) is 4.67. The molecule has 2 aromatic rings. The average Bonchev–Trinajstić information content (AvgIpc) is 2.74. The number of hydrogen-bond acceptors (Lipinski definition) is 4. The lowest BCUT2D eigenvalue weighted by atomic mass is 10.1. The highest BCUT2D eigenvalue weighted by Crippen LogP contribution is 2.23. The number of nitriles is 1. The van der Waals surface area contributed by atoms with Crippen molar-refractivity contribution in [2.24, 2.45) is 7.05 Å². The summed E-state index contributed by atoms with van der Waals surface area (Å²) < 4.78 is 1.98. The molecule has 0 amide bonds. The van der Waals surface area contributed by atoms with Crippen molar-refractivity contribution in [3.05, 3.63) is 41.2 Å². The Morgan fingerprint density at radius 3 is 2.74 bits per heavy atom. The van der Waals surface area contributed by atoms with Crippen molar-refractivity contribution in [2.45, 2.75) is 20.4 Å². The van der Waals surface area contributed by atoms with E-state index in [0.29, 0.717) is 12.1 Å². The summed E-state index contributed by atoms with van der Waals surface area (Å²) in [6.07, 6.45) is 3.69. The van der Waals surface area contributed by atoms with Gasteiger partial charge in [-0.05, 0) is 19.9 Å². The van der Waals surface area contributed by atoms with E-state index < -0.39 is 0 Å². The van der Waals surface area contributed by atoms with Gasteiger partial charge in [-0.3, -0.25) is 4.98 Å². The van der Waals surface area contributed by atoms with Gasteiger partial charge in [-0.25, -0.2) is 4.98 Å². The molecule has 0 saturated carbocycles. The number of nitrogens with zero attached hydrogens (tertiary/aromatic N) is 5. The van der Waals surface area contributed by atoms with Crippen LogP contribution in [0, 0.1) is 25.2 Å². The number of aryl methyl sites for hydroxylation is 3. The molecule has 0 bridgehead atoms. The van der Waals surface area contributed by atoms with Crippen molar-refractivity contribution in [1.29, 1.82) is 5.26 Å². The van der Waals surface area contributed by atoms with Gasteiger partial charge in [0.15, 0.2) is 0 Å². The van der Waals surface area contributed by atoms with Crippen LogP contribution in [0.15, 0.2) is 18.5 Å². The first-order valence-corrected chi connectivity index (χ1v) is 6.08. The molecule has 0 fully saturated rings. The summed E-state index contributed by atoms with van der Waals surface area (Å²) in [7, 11) is 3.92. The molecule has 0 saturated heterocycles. The Morgan fingerprint density at radius 2 is 2.16 bits per heavy atom. The maximum absolute atomic E-state index is 9.28. The van der Waals surface area contributed by atoms with Gasteiger partial charge in [0, 0.05) is 32.2 Å². The Hall–Kier alpha value is -2.35. The number of rotatable bonds is 3. The highest BCUT2D eigenvalue weighted by molar-refractivity contribution is 5.61. The van der Waals surface area contributed by atoms with Gasteiger partial charge in [0.1, 0.15) is 11.9 Å². The highest BCUT2D eigenvalue weighted by atomic mass is 15.2. The fourth-order valence-electron chi connectivity index (χ4n) is 2.09. The third-order valence-electron chi connectivity index (χ3n) is 3.13. The van der Waals surface area contributed by atoms with Crippen LogP contribution in [0.4, 0.5) is 5.69 Å². The van der Waals surface area contributed by atoms with Gasteiger partial charge in [-0.15, -0.1) is 0 Å². The van der Waals surface area contributed by atoms with Crippen molar-refractivity contribution in [2.75, 3.05) is 11.9 Å². The van der Waals surface area contributed by atoms with Gasteiger partial charge < -0.3 is 9.47 Å². The maximum atomic E-state index is 9.28. The number of anilines is 1. The lowest BCUT2D eigenvalue weighted by Crippen LogP contribution is -2.20. The van der Waals surface area contributed by atoms with E-state index in [4.69, 9.17) is 0 Å². The van der Waals surface area contributed by atoms with E-state index in [-0.39, 0.29) is 0 Å². The third-order valence-corrected chi connectivity index (χ3v) is 3.13. The predicted molar refractivity (Wildman–Crippen MR) is 73.7 cm³/mol. The topological polar surface area (TPSA) is 57.7 Å². The summed E-state index contributed by atoms with van der Waals surface area (Å²) in [5.41, 5.74) is 3.21. The zero-order chi connectivity index (χ0) is 14.0. The van der Waals surface area contributed by atoms with Crippen LogP contribution in [0.1, 0.15) is 22.8 Å². The van der Waals surface area contributed by atoms with Gasteiger partial charge in [0.05, 0.1) is 23.5 Å². The molecule has 0 atom stereocenters. The first kappa shape index (κ1) is 13.1. The van der Waals surface area contributed by atoms with E-state index in [1.54, 1.807) is 6.20 Å². The van der Waals surface area contributed by atoms with Crippen molar-refractivity contribution in [1.82, 2.24) is 14.5 Å². The second kappa shape index (κ2) is 5.11. The van der Waals surface area contributed by atoms with Crippen LogP contribution in [0.25, 0.3) is 0 Å². The summed E-state index contributed by atoms with van der Waals surface area (Å²) in [5.74, 6) is 0.957. The van der Waals surface area contributed by atoms with Gasteiger partial charge >= 0.3 is 0 Å². The van der Waals surface area contributed by atoms with Crippen LogP contribution in [-0.4, -0.2) is 21.6 Å². The van der Waals surface area contributed by atoms with Crippen molar-refractivity contribution in [3.8, 4) is 6.07 Å². The molecule has 2 rings (SSSR count). The Labute approximate surface area is 113 Å². The fourth-order valence-corrected chi connectivity index (χ4v) is 2.09. The smallest absolute Gasteiger partial charge is 0.127 e. The molecule has 0 spiro atoms. The summed E-state index contributed by atoms with van der Waals surface area (Å²) in [6.45, 7) is 4.46. The Kier molecular flexibility index (Phi) is 3.52. The largest absolute Gasteiger partial charge is 0.366 e. The lowest BCUT2D eigenvalue weighted by molar-refractivity contribution is 0.760. The monoisotopic (exact) mass is 255 g/mol. The summed E-state index contributed by atoms with van der Waals surface area (Å²) >= 11 is 0. The van der Waals surface area contributed by atoms with Crippen molar-refractivity contribution >= 4 is 5.69 Å². The minimum Gasteiger partial charge on any atom is -0.366 e. The van der Waals surface area contributed by atoms with E-state index in [2.05, 4.69) is 16.0 Å². The molecule has 19 heavy (non-hydrogen) atoms. The predicted octanol–water partition coefficient (Wildman–Crippen LogP) is 1.94. The standard InChI is InChI=1S/C14H17N5/c1-10-7-13(12(8-15)11(2)17-10)19(4)9-14-16-5-6-18(14)3/h5-7H,9H2,1-4H3. The zero-order valence-electron chi connectivity index (χ0n) is 11.7. The van der Waals surface area contributed by atoms with Crippen LogP contribution in [-0.2, 0) is 13.6 Å². The molecule has 0 N–H and O–H groups in total. The molecule has 0 aliphatic heterocycles.